The van der Waals surface area contributed by atoms with Gasteiger partial charge < -0.3 is 15.0 Å². The Bertz CT molecular complexity index is 460. The number of aromatic nitrogens is 1. The lowest BCUT2D eigenvalue weighted by Crippen LogP contribution is -2.61. The highest BCUT2D eigenvalue weighted by molar-refractivity contribution is 8.01. The Hall–Kier alpha value is -0.630. The van der Waals surface area contributed by atoms with Gasteiger partial charge in [-0.05, 0) is 24.0 Å². The largest absolute Gasteiger partial charge is 0.383 e. The molecule has 0 saturated carbocycles. The maximum absolute atomic E-state index is 12.2. The molecule has 0 aliphatic carbocycles. The van der Waals surface area contributed by atoms with E-state index in [0.29, 0.717) is 6.04 Å². The van der Waals surface area contributed by atoms with Crippen LogP contribution in [0, 0.1) is 0 Å². The van der Waals surface area contributed by atoms with Crippen molar-refractivity contribution >= 4 is 29.2 Å². The highest BCUT2D eigenvalue weighted by Crippen LogP contribution is 2.45. The molecule has 110 valence electrons. The van der Waals surface area contributed by atoms with Gasteiger partial charge in [0.15, 0.2) is 0 Å². The smallest absolute Gasteiger partial charge is 0.265 e. The Morgan fingerprint density at radius 1 is 1.65 bits per heavy atom. The lowest BCUT2D eigenvalue weighted by Gasteiger charge is -2.47. The van der Waals surface area contributed by atoms with E-state index in [9.17, 15) is 4.79 Å². The van der Waals surface area contributed by atoms with Gasteiger partial charge in [-0.25, -0.2) is 4.37 Å². The third-order valence-corrected chi connectivity index (χ3v) is 6.18. The molecule has 0 aromatic carbocycles. The van der Waals surface area contributed by atoms with Crippen LogP contribution < -0.4 is 5.32 Å². The van der Waals surface area contributed by atoms with Crippen molar-refractivity contribution in [1.29, 1.82) is 0 Å². The fourth-order valence-corrected chi connectivity index (χ4v) is 5.00. The molecule has 2 saturated heterocycles. The number of nitrogens with zero attached hydrogens (tertiary/aromatic N) is 2. The molecule has 1 atom stereocenters. The third-order valence-electron chi connectivity index (χ3n) is 3.84. The number of carbonyl (C=O) groups excluding carboxylic acids is 1. The van der Waals surface area contributed by atoms with E-state index in [1.165, 1.54) is 11.5 Å². The minimum absolute atomic E-state index is 0.134. The van der Waals surface area contributed by atoms with Gasteiger partial charge in [0.25, 0.3) is 5.91 Å². The van der Waals surface area contributed by atoms with E-state index < -0.39 is 0 Å². The fraction of sp³-hybridized carbons (Fsp3) is 0.692. The zero-order valence-electron chi connectivity index (χ0n) is 11.5. The summed E-state index contributed by atoms with van der Waals surface area (Å²) in [6.07, 6.45) is 2.83. The molecule has 5 nitrogen and oxygen atoms in total. The van der Waals surface area contributed by atoms with Crippen molar-refractivity contribution in [2.24, 2.45) is 0 Å². The van der Waals surface area contributed by atoms with E-state index in [1.54, 1.807) is 19.4 Å². The molecule has 1 aromatic heterocycles. The summed E-state index contributed by atoms with van der Waals surface area (Å²) in [6, 6.07) is 2.35. The molecule has 1 unspecified atom stereocenters. The molecule has 2 aliphatic heterocycles. The first-order valence-electron chi connectivity index (χ1n) is 6.79. The van der Waals surface area contributed by atoms with Gasteiger partial charge in [0, 0.05) is 44.7 Å². The molecule has 2 aliphatic rings. The molecular formula is C13H19N3O2S2. The Balaban J connectivity index is 1.47. The lowest BCUT2D eigenvalue weighted by atomic mass is 9.92. The minimum atomic E-state index is 0.134. The highest BCUT2D eigenvalue weighted by atomic mass is 32.2. The molecule has 3 rings (SSSR count). The van der Waals surface area contributed by atoms with Crippen LogP contribution in [0.3, 0.4) is 0 Å². The number of hydrogen-bond acceptors (Lipinski definition) is 6. The Morgan fingerprint density at radius 2 is 2.50 bits per heavy atom. The number of nitrogens with one attached hydrogen (secondary N) is 1. The topological polar surface area (TPSA) is 54.5 Å². The summed E-state index contributed by atoms with van der Waals surface area (Å²) >= 11 is 3.29. The molecule has 0 bridgehead atoms. The predicted octanol–water partition coefficient (Wildman–Crippen LogP) is 1.08. The van der Waals surface area contributed by atoms with Gasteiger partial charge in [0.2, 0.25) is 0 Å². The maximum atomic E-state index is 12.2. The molecule has 3 heterocycles. The van der Waals surface area contributed by atoms with Crippen molar-refractivity contribution in [3.63, 3.8) is 0 Å². The van der Waals surface area contributed by atoms with Gasteiger partial charge in [-0.15, -0.1) is 11.8 Å². The first-order chi connectivity index (χ1) is 9.72. The Kier molecular flexibility index (Phi) is 4.30. The number of rotatable bonds is 5. The molecule has 7 heteroatoms. The van der Waals surface area contributed by atoms with E-state index in [4.69, 9.17) is 4.74 Å². The van der Waals surface area contributed by atoms with Crippen molar-refractivity contribution in [3.05, 3.63) is 17.1 Å². The zero-order valence-corrected chi connectivity index (χ0v) is 13.1. The first kappa shape index (κ1) is 14.3. The Morgan fingerprint density at radius 3 is 3.20 bits per heavy atom. The highest BCUT2D eigenvalue weighted by Gasteiger charge is 2.50. The number of carbonyl (C=O) groups is 1. The molecule has 1 spiro atoms. The molecule has 1 N–H and O–H groups in total. The van der Waals surface area contributed by atoms with Gasteiger partial charge >= 0.3 is 0 Å². The van der Waals surface area contributed by atoms with Crippen LogP contribution in [-0.2, 0) is 4.74 Å². The fourth-order valence-electron chi connectivity index (χ4n) is 2.84. The van der Waals surface area contributed by atoms with Crippen LogP contribution in [0.4, 0.5) is 0 Å². The van der Waals surface area contributed by atoms with Crippen molar-refractivity contribution in [2.45, 2.75) is 17.2 Å². The average Bonchev–Trinajstić information content (AvgIpc) is 3.06. The average molecular weight is 313 g/mol. The second-order valence-electron chi connectivity index (χ2n) is 5.38. The van der Waals surface area contributed by atoms with E-state index in [-0.39, 0.29) is 10.7 Å². The van der Waals surface area contributed by atoms with Crippen molar-refractivity contribution in [3.8, 4) is 0 Å². The van der Waals surface area contributed by atoms with Gasteiger partial charge in [-0.3, -0.25) is 4.79 Å². The van der Waals surface area contributed by atoms with E-state index in [2.05, 4.69) is 9.69 Å². The van der Waals surface area contributed by atoms with Crippen molar-refractivity contribution in [1.82, 2.24) is 14.6 Å². The van der Waals surface area contributed by atoms with E-state index in [1.807, 2.05) is 16.7 Å². The zero-order chi connectivity index (χ0) is 14.0. The summed E-state index contributed by atoms with van der Waals surface area (Å²) in [5, 5.41) is 3.52. The van der Waals surface area contributed by atoms with Crippen molar-refractivity contribution in [2.75, 3.05) is 39.1 Å². The standard InChI is InChI=1S/C13H19N3O2S2/c1-18-5-4-14-10-6-13(19-7-10)8-16(9-13)12(17)11-2-3-15-20-11/h2-3,10,14H,4-9H2,1H3. The van der Waals surface area contributed by atoms with Crippen molar-refractivity contribution < 1.29 is 9.53 Å². The number of methoxy groups -OCH3 is 1. The number of ether oxygens (including phenoxy) is 1. The summed E-state index contributed by atoms with van der Waals surface area (Å²) in [5.74, 6) is 1.27. The number of amides is 1. The second kappa shape index (κ2) is 6.01. The van der Waals surface area contributed by atoms with Crippen LogP contribution in [0.2, 0.25) is 0 Å². The van der Waals surface area contributed by atoms with Crippen LogP contribution in [0.15, 0.2) is 12.3 Å². The van der Waals surface area contributed by atoms with Crippen LogP contribution >= 0.6 is 23.3 Å². The summed E-state index contributed by atoms with van der Waals surface area (Å²) < 4.78 is 9.33. The van der Waals surface area contributed by atoms with Gasteiger partial charge in [0.1, 0.15) is 4.88 Å². The van der Waals surface area contributed by atoms with Crippen LogP contribution in [0.1, 0.15) is 16.1 Å². The van der Waals surface area contributed by atoms with Crippen LogP contribution in [0.5, 0.6) is 0 Å². The van der Waals surface area contributed by atoms with E-state index >= 15 is 0 Å². The molecule has 1 aromatic rings. The second-order valence-corrected chi connectivity index (χ2v) is 7.70. The predicted molar refractivity (Wildman–Crippen MR) is 81.5 cm³/mol. The first-order valence-corrected chi connectivity index (χ1v) is 8.55. The SMILES string of the molecule is COCCNC1CSC2(C1)CN(C(=O)c1ccns1)C2. The molecule has 1 amide bonds. The summed E-state index contributed by atoms with van der Waals surface area (Å²) in [4.78, 5) is 14.9. The number of thioether (sulfide) groups is 1. The minimum Gasteiger partial charge on any atom is -0.383 e. The molecular weight excluding hydrogens is 294 g/mol. The molecule has 0 radical (unpaired) electrons. The van der Waals surface area contributed by atoms with Crippen LogP contribution in [-0.4, -0.2) is 65.1 Å². The number of hydrogen-bond donors (Lipinski definition) is 1. The molecule has 20 heavy (non-hydrogen) atoms. The summed E-state index contributed by atoms with van der Waals surface area (Å²) in [7, 11) is 1.72. The summed E-state index contributed by atoms with van der Waals surface area (Å²) in [6.45, 7) is 3.40. The normalized spacial score (nSPS) is 24.1. The van der Waals surface area contributed by atoms with E-state index in [0.717, 1.165) is 43.3 Å². The monoisotopic (exact) mass is 313 g/mol. The number of likely N-dealkylation sites (tertiary alicyclic amines) is 1. The van der Waals surface area contributed by atoms with Gasteiger partial charge in [-0.2, -0.15) is 0 Å². The summed E-state index contributed by atoms with van der Waals surface area (Å²) in [5.41, 5.74) is 0. The van der Waals surface area contributed by atoms with Gasteiger partial charge in [-0.1, -0.05) is 0 Å². The lowest BCUT2D eigenvalue weighted by molar-refractivity contribution is 0.0556. The third kappa shape index (κ3) is 2.86. The van der Waals surface area contributed by atoms with Gasteiger partial charge in [0.05, 0.1) is 11.4 Å². The quantitative estimate of drug-likeness (QED) is 0.825. The van der Waals surface area contributed by atoms with Crippen LogP contribution in [0.25, 0.3) is 0 Å². The maximum Gasteiger partial charge on any atom is 0.265 e. The Labute approximate surface area is 127 Å². The molecule has 2 fully saturated rings.